The highest BCUT2D eigenvalue weighted by Crippen LogP contribution is 2.20. The number of quaternary nitrogens is 1. The number of likely N-dealkylation sites (N-methyl/N-ethyl adjacent to an activating group) is 1. The van der Waals surface area contributed by atoms with Gasteiger partial charge in [0.25, 0.3) is 0 Å². The van der Waals surface area contributed by atoms with Crippen LogP contribution in [-0.4, -0.2) is 57.7 Å². The smallest absolute Gasteiger partial charge is 0.245 e. The lowest BCUT2D eigenvalue weighted by Gasteiger charge is -2.28. The van der Waals surface area contributed by atoms with Gasteiger partial charge in [0.15, 0.2) is 0 Å². The van der Waals surface area contributed by atoms with Gasteiger partial charge in [-0.3, -0.25) is 15.0 Å². The van der Waals surface area contributed by atoms with Crippen molar-refractivity contribution in [3.05, 3.63) is 35.9 Å². The molecule has 7 nitrogen and oxygen atoms in total. The molecule has 0 aromatic heterocycles. The van der Waals surface area contributed by atoms with E-state index < -0.39 is 0 Å². The van der Waals surface area contributed by atoms with E-state index in [1.807, 2.05) is 44.4 Å². The van der Waals surface area contributed by atoms with E-state index in [-0.39, 0.29) is 24.8 Å². The van der Waals surface area contributed by atoms with Gasteiger partial charge in [-0.2, -0.15) is 0 Å². The molecule has 0 saturated carbocycles. The van der Waals surface area contributed by atoms with Crippen LogP contribution in [0.5, 0.6) is 5.75 Å². The zero-order valence-corrected chi connectivity index (χ0v) is 14.4. The fourth-order valence-electron chi connectivity index (χ4n) is 2.29. The first-order valence-corrected chi connectivity index (χ1v) is 7.97. The van der Waals surface area contributed by atoms with Crippen LogP contribution in [0.4, 0.5) is 0 Å². The summed E-state index contributed by atoms with van der Waals surface area (Å²) in [5.74, 6) is 0.471. The molecule has 7 heteroatoms. The van der Waals surface area contributed by atoms with Crippen LogP contribution in [0.2, 0.25) is 0 Å². The molecule has 1 aliphatic heterocycles. The second kappa shape index (κ2) is 8.35. The van der Waals surface area contributed by atoms with Gasteiger partial charge in [0, 0.05) is 6.42 Å². The number of ether oxygens (including phenoxy) is 1. The molecule has 0 unspecified atom stereocenters. The Morgan fingerprint density at radius 3 is 2.67 bits per heavy atom. The van der Waals surface area contributed by atoms with Crippen molar-refractivity contribution < 1.29 is 19.2 Å². The van der Waals surface area contributed by atoms with Crippen molar-refractivity contribution in [1.82, 2.24) is 15.8 Å². The van der Waals surface area contributed by atoms with E-state index in [4.69, 9.17) is 4.74 Å². The lowest BCUT2D eigenvalue weighted by Crippen LogP contribution is -3.06. The van der Waals surface area contributed by atoms with Crippen LogP contribution in [0.25, 0.3) is 5.70 Å². The van der Waals surface area contributed by atoms with E-state index in [9.17, 15) is 9.59 Å². The number of carbonyl (C=O) groups is 2. The molecule has 24 heavy (non-hydrogen) atoms. The Hall–Kier alpha value is -2.54. The minimum atomic E-state index is -0.173. The first-order chi connectivity index (χ1) is 11.5. The van der Waals surface area contributed by atoms with Crippen molar-refractivity contribution in [2.24, 2.45) is 0 Å². The molecule has 0 spiro atoms. The molecule has 1 aliphatic rings. The van der Waals surface area contributed by atoms with E-state index in [0.717, 1.165) is 23.6 Å². The van der Waals surface area contributed by atoms with Crippen molar-refractivity contribution in [2.45, 2.75) is 6.42 Å². The van der Waals surface area contributed by atoms with Crippen LogP contribution in [0, 0.1) is 0 Å². The van der Waals surface area contributed by atoms with Crippen molar-refractivity contribution in [2.75, 3.05) is 40.8 Å². The predicted molar refractivity (Wildman–Crippen MR) is 91.1 cm³/mol. The summed E-state index contributed by atoms with van der Waals surface area (Å²) in [4.78, 5) is 25.2. The van der Waals surface area contributed by atoms with Gasteiger partial charge in [-0.1, -0.05) is 0 Å². The van der Waals surface area contributed by atoms with Gasteiger partial charge in [-0.05, 0) is 35.9 Å². The monoisotopic (exact) mass is 333 g/mol. The van der Waals surface area contributed by atoms with Crippen LogP contribution in [0.3, 0.4) is 0 Å². The van der Waals surface area contributed by atoms with Crippen LogP contribution in [0.1, 0.15) is 12.0 Å². The first-order valence-electron chi connectivity index (χ1n) is 7.97. The Kier molecular flexibility index (Phi) is 6.20. The highest BCUT2D eigenvalue weighted by atomic mass is 16.5. The number of nitrogens with zero attached hydrogens (tertiary/aromatic N) is 1. The highest BCUT2D eigenvalue weighted by Gasteiger charge is 2.22. The largest absolute Gasteiger partial charge is 0.497 e. The Morgan fingerprint density at radius 2 is 2.04 bits per heavy atom. The Bertz CT molecular complexity index is 611. The molecule has 2 rings (SSSR count). The third kappa shape index (κ3) is 4.99. The van der Waals surface area contributed by atoms with E-state index >= 15 is 0 Å². The molecule has 0 aliphatic carbocycles. The summed E-state index contributed by atoms with van der Waals surface area (Å²) < 4.78 is 5.14. The number of nitrogens with one attached hydrogen (secondary N) is 3. The van der Waals surface area contributed by atoms with E-state index in [2.05, 4.69) is 10.7 Å². The summed E-state index contributed by atoms with van der Waals surface area (Å²) in [6.07, 6.45) is 2.09. The van der Waals surface area contributed by atoms with Crippen LogP contribution < -0.4 is 20.4 Å². The molecular formula is C17H25N4O3+. The topological polar surface area (TPSA) is 75.1 Å². The zero-order chi connectivity index (χ0) is 17.5. The first kappa shape index (κ1) is 17.8. The molecule has 0 radical (unpaired) electrons. The molecule has 2 amide bonds. The van der Waals surface area contributed by atoms with Crippen LogP contribution >= 0.6 is 0 Å². The molecular weight excluding hydrogens is 308 g/mol. The zero-order valence-electron chi connectivity index (χ0n) is 14.4. The van der Waals surface area contributed by atoms with Gasteiger partial charge >= 0.3 is 0 Å². The molecule has 1 aromatic rings. The van der Waals surface area contributed by atoms with Gasteiger partial charge in [0.05, 0.1) is 40.0 Å². The van der Waals surface area contributed by atoms with Crippen LogP contribution in [-0.2, 0) is 9.59 Å². The lowest BCUT2D eigenvalue weighted by atomic mass is 10.1. The molecule has 1 heterocycles. The number of benzene rings is 1. The Labute approximate surface area is 142 Å². The number of methoxy groups -OCH3 is 1. The molecule has 3 N–H and O–H groups in total. The van der Waals surface area contributed by atoms with E-state index in [1.54, 1.807) is 7.11 Å². The van der Waals surface area contributed by atoms with Gasteiger partial charge < -0.3 is 15.0 Å². The van der Waals surface area contributed by atoms with Gasteiger partial charge in [-0.25, -0.2) is 5.01 Å². The summed E-state index contributed by atoms with van der Waals surface area (Å²) in [6.45, 7) is 1.42. The number of hydrogen-bond donors (Lipinski definition) is 3. The normalized spacial score (nSPS) is 14.2. The fraction of sp³-hybridized carbons (Fsp3) is 0.412. The van der Waals surface area contributed by atoms with Crippen LogP contribution in [0.15, 0.2) is 30.3 Å². The standard InChI is InChI=1S/C17H24N4O3/c1-20(2)11-10-18-16(22)12-21-17(23)9-8-15(19-21)13-4-6-14(24-3)7-5-13/h4-8,19H,9-12H2,1-3H3,(H,18,22)/p+1. The molecule has 0 fully saturated rings. The maximum absolute atomic E-state index is 12.0. The minimum absolute atomic E-state index is 0.00487. The van der Waals surface area contributed by atoms with Gasteiger partial charge in [0.1, 0.15) is 12.3 Å². The predicted octanol–water partition coefficient (Wildman–Crippen LogP) is -0.966. The second-order valence-corrected chi connectivity index (χ2v) is 5.95. The second-order valence-electron chi connectivity index (χ2n) is 5.95. The lowest BCUT2D eigenvalue weighted by molar-refractivity contribution is -0.856. The number of carbonyl (C=O) groups excluding carboxylic acids is 2. The fourth-order valence-corrected chi connectivity index (χ4v) is 2.29. The number of hydrogen-bond acceptors (Lipinski definition) is 4. The summed E-state index contributed by atoms with van der Waals surface area (Å²) in [5, 5.41) is 4.18. The number of hydrazine groups is 1. The quantitative estimate of drug-likeness (QED) is 0.600. The average Bonchev–Trinajstić information content (AvgIpc) is 2.56. The maximum atomic E-state index is 12.0. The minimum Gasteiger partial charge on any atom is -0.497 e. The highest BCUT2D eigenvalue weighted by molar-refractivity contribution is 5.88. The maximum Gasteiger partial charge on any atom is 0.245 e. The summed E-state index contributed by atoms with van der Waals surface area (Å²) in [7, 11) is 5.66. The average molecular weight is 333 g/mol. The molecule has 130 valence electrons. The molecule has 1 aromatic carbocycles. The third-order valence-corrected chi connectivity index (χ3v) is 3.69. The van der Waals surface area contributed by atoms with Crippen molar-refractivity contribution in [1.29, 1.82) is 0 Å². The third-order valence-electron chi connectivity index (χ3n) is 3.69. The van der Waals surface area contributed by atoms with Crippen molar-refractivity contribution >= 4 is 17.5 Å². The summed E-state index contributed by atoms with van der Waals surface area (Å²) in [6, 6.07) is 7.53. The van der Waals surface area contributed by atoms with Gasteiger partial charge in [0.2, 0.25) is 11.8 Å². The van der Waals surface area contributed by atoms with E-state index in [0.29, 0.717) is 6.54 Å². The van der Waals surface area contributed by atoms with Crippen molar-refractivity contribution in [3.8, 4) is 5.75 Å². The number of amides is 2. The molecule has 0 saturated heterocycles. The Balaban J connectivity index is 1.93. The summed E-state index contributed by atoms with van der Waals surface area (Å²) >= 11 is 0. The van der Waals surface area contributed by atoms with Gasteiger partial charge in [-0.15, -0.1) is 0 Å². The van der Waals surface area contributed by atoms with E-state index in [1.165, 1.54) is 9.91 Å². The SMILES string of the molecule is COc1ccc(C2=CCC(=O)N(CC(=O)NCC[NH+](C)C)N2)cc1. The summed E-state index contributed by atoms with van der Waals surface area (Å²) in [5.41, 5.74) is 4.77. The Morgan fingerprint density at radius 1 is 1.33 bits per heavy atom. The van der Waals surface area contributed by atoms with Crippen molar-refractivity contribution in [3.63, 3.8) is 0 Å². The molecule has 0 atom stereocenters. The number of rotatable bonds is 7. The molecule has 0 bridgehead atoms.